The average Bonchev–Trinajstić information content (AvgIpc) is 2.94. The molecule has 0 radical (unpaired) electrons. The fourth-order valence-corrected chi connectivity index (χ4v) is 3.06. The summed E-state index contributed by atoms with van der Waals surface area (Å²) >= 11 is 0.857. The number of hydrogen-bond donors (Lipinski definition) is 1. The minimum Gasteiger partial charge on any atom is -0.493 e. The van der Waals surface area contributed by atoms with Crippen LogP contribution in [0, 0.1) is 18.3 Å². The van der Waals surface area contributed by atoms with Gasteiger partial charge < -0.3 is 9.47 Å². The Morgan fingerprint density at radius 1 is 1.12 bits per heavy atom. The SMILES string of the molecule is COc1cc(/C=C2\SC(=O)NC2=O)ccc1Oc1ccc(C#N)cc1C. The molecule has 2 aromatic rings. The number of carbonyl (C=O) groups is 2. The first kappa shape index (κ1) is 17.6. The zero-order valence-electron chi connectivity index (χ0n) is 14.0. The Morgan fingerprint density at radius 3 is 2.50 bits per heavy atom. The lowest BCUT2D eigenvalue weighted by Gasteiger charge is -2.13. The highest BCUT2D eigenvalue weighted by Crippen LogP contribution is 2.35. The molecule has 0 saturated carbocycles. The summed E-state index contributed by atoms with van der Waals surface area (Å²) in [5.41, 5.74) is 2.10. The van der Waals surface area contributed by atoms with Crippen LogP contribution in [-0.4, -0.2) is 18.3 Å². The van der Waals surface area contributed by atoms with Crippen LogP contribution >= 0.6 is 11.8 Å². The van der Waals surface area contributed by atoms with Gasteiger partial charge in [-0.2, -0.15) is 5.26 Å². The van der Waals surface area contributed by atoms with Gasteiger partial charge in [0.2, 0.25) is 0 Å². The highest BCUT2D eigenvalue weighted by atomic mass is 32.2. The maximum atomic E-state index is 11.6. The molecule has 1 aliphatic rings. The Bertz CT molecular complexity index is 976. The van der Waals surface area contributed by atoms with Crippen molar-refractivity contribution in [2.75, 3.05) is 7.11 Å². The minimum atomic E-state index is -0.410. The molecule has 0 aliphatic carbocycles. The largest absolute Gasteiger partial charge is 0.493 e. The van der Waals surface area contributed by atoms with Gasteiger partial charge in [0.25, 0.3) is 11.1 Å². The van der Waals surface area contributed by atoms with Crippen LogP contribution in [0.15, 0.2) is 41.3 Å². The van der Waals surface area contributed by atoms with Gasteiger partial charge in [-0.25, -0.2) is 0 Å². The number of imide groups is 1. The topological polar surface area (TPSA) is 88.4 Å². The molecule has 0 aromatic heterocycles. The number of ether oxygens (including phenoxy) is 2. The Balaban J connectivity index is 1.88. The van der Waals surface area contributed by atoms with Gasteiger partial charge in [-0.15, -0.1) is 0 Å². The number of thioether (sulfide) groups is 1. The number of aryl methyl sites for hydroxylation is 1. The summed E-state index contributed by atoms with van der Waals surface area (Å²) in [5.74, 6) is 1.19. The van der Waals surface area contributed by atoms with Gasteiger partial charge in [-0.1, -0.05) is 6.07 Å². The molecule has 26 heavy (non-hydrogen) atoms. The second kappa shape index (κ2) is 7.33. The van der Waals surface area contributed by atoms with Crippen LogP contribution in [0.3, 0.4) is 0 Å². The Kier molecular flexibility index (Phi) is 4.96. The van der Waals surface area contributed by atoms with Crippen molar-refractivity contribution in [2.45, 2.75) is 6.92 Å². The third kappa shape index (κ3) is 3.71. The van der Waals surface area contributed by atoms with Crippen LogP contribution in [0.2, 0.25) is 0 Å². The van der Waals surface area contributed by atoms with E-state index in [9.17, 15) is 9.59 Å². The third-order valence-electron chi connectivity index (χ3n) is 3.65. The van der Waals surface area contributed by atoms with Crippen LogP contribution in [0.25, 0.3) is 6.08 Å². The number of nitrogens with one attached hydrogen (secondary N) is 1. The number of nitrogens with zero attached hydrogens (tertiary/aromatic N) is 1. The first-order chi connectivity index (χ1) is 12.5. The van der Waals surface area contributed by atoms with Crippen molar-refractivity contribution in [1.82, 2.24) is 5.32 Å². The molecular weight excluding hydrogens is 352 g/mol. The van der Waals surface area contributed by atoms with E-state index >= 15 is 0 Å². The summed E-state index contributed by atoms with van der Waals surface area (Å²) in [4.78, 5) is 23.2. The average molecular weight is 366 g/mol. The van der Waals surface area contributed by atoms with Crippen molar-refractivity contribution in [3.05, 3.63) is 58.0 Å². The van der Waals surface area contributed by atoms with Crippen LogP contribution in [0.4, 0.5) is 4.79 Å². The molecule has 2 amide bonds. The summed E-state index contributed by atoms with van der Waals surface area (Å²) in [6, 6.07) is 12.4. The quantitative estimate of drug-likeness (QED) is 0.823. The van der Waals surface area contributed by atoms with E-state index in [0.29, 0.717) is 33.3 Å². The molecule has 1 saturated heterocycles. The Labute approximate surface area is 154 Å². The van der Waals surface area contributed by atoms with E-state index < -0.39 is 5.91 Å². The van der Waals surface area contributed by atoms with Crippen molar-refractivity contribution in [1.29, 1.82) is 5.26 Å². The second-order valence-corrected chi connectivity index (χ2v) is 6.47. The summed E-state index contributed by atoms with van der Waals surface area (Å²) < 4.78 is 11.3. The normalized spacial score (nSPS) is 14.9. The van der Waals surface area contributed by atoms with E-state index in [1.54, 1.807) is 42.5 Å². The standard InChI is InChI=1S/C19H14N2O4S/c1-11-7-13(10-20)4-5-14(11)25-15-6-3-12(8-16(15)24-2)9-17-18(22)21-19(23)26-17/h3-9H,1-2H3,(H,21,22,23)/b17-9-. The maximum absolute atomic E-state index is 11.6. The zero-order valence-corrected chi connectivity index (χ0v) is 14.8. The summed E-state index contributed by atoms with van der Waals surface area (Å²) in [5, 5.41) is 10.8. The predicted octanol–water partition coefficient (Wildman–Crippen LogP) is 3.99. The van der Waals surface area contributed by atoms with Crippen molar-refractivity contribution in [3.63, 3.8) is 0 Å². The molecule has 0 spiro atoms. The second-order valence-electron chi connectivity index (χ2n) is 5.46. The van der Waals surface area contributed by atoms with E-state index in [4.69, 9.17) is 14.7 Å². The molecular formula is C19H14N2O4S. The number of hydrogen-bond acceptors (Lipinski definition) is 6. The highest BCUT2D eigenvalue weighted by Gasteiger charge is 2.25. The molecule has 0 atom stereocenters. The summed E-state index contributed by atoms with van der Waals surface area (Å²) in [7, 11) is 1.52. The van der Waals surface area contributed by atoms with E-state index in [0.717, 1.165) is 17.3 Å². The molecule has 0 unspecified atom stereocenters. The van der Waals surface area contributed by atoms with Gasteiger partial charge in [0, 0.05) is 0 Å². The molecule has 0 bridgehead atoms. The van der Waals surface area contributed by atoms with E-state index in [1.165, 1.54) is 7.11 Å². The predicted molar refractivity (Wildman–Crippen MR) is 98.1 cm³/mol. The third-order valence-corrected chi connectivity index (χ3v) is 4.46. The summed E-state index contributed by atoms with van der Waals surface area (Å²) in [6.07, 6.45) is 1.62. The van der Waals surface area contributed by atoms with Gasteiger partial charge in [0.05, 0.1) is 23.6 Å². The number of nitriles is 1. The van der Waals surface area contributed by atoms with Crippen molar-refractivity contribution in [3.8, 4) is 23.3 Å². The molecule has 7 heteroatoms. The zero-order chi connectivity index (χ0) is 18.7. The van der Waals surface area contributed by atoms with E-state index in [1.807, 2.05) is 6.92 Å². The molecule has 3 rings (SSSR count). The molecule has 6 nitrogen and oxygen atoms in total. The fraction of sp³-hybridized carbons (Fsp3) is 0.105. The lowest BCUT2D eigenvalue weighted by molar-refractivity contribution is -0.115. The molecule has 1 heterocycles. The first-order valence-electron chi connectivity index (χ1n) is 7.61. The van der Waals surface area contributed by atoms with Gasteiger partial charge in [-0.3, -0.25) is 14.9 Å². The lowest BCUT2D eigenvalue weighted by atomic mass is 10.1. The van der Waals surface area contributed by atoms with E-state index in [2.05, 4.69) is 11.4 Å². The van der Waals surface area contributed by atoms with Gasteiger partial charge in [-0.05, 0) is 66.2 Å². The Hall–Kier alpha value is -3.24. The lowest BCUT2D eigenvalue weighted by Crippen LogP contribution is -2.17. The monoisotopic (exact) mass is 366 g/mol. The fourth-order valence-electron chi connectivity index (χ4n) is 2.38. The van der Waals surface area contributed by atoms with Gasteiger partial charge in [0.1, 0.15) is 5.75 Å². The van der Waals surface area contributed by atoms with Crippen LogP contribution in [-0.2, 0) is 4.79 Å². The molecule has 1 fully saturated rings. The van der Waals surface area contributed by atoms with Crippen LogP contribution in [0.1, 0.15) is 16.7 Å². The highest BCUT2D eigenvalue weighted by molar-refractivity contribution is 8.18. The van der Waals surface area contributed by atoms with Crippen molar-refractivity contribution >= 4 is 29.0 Å². The van der Waals surface area contributed by atoms with Crippen LogP contribution in [0.5, 0.6) is 17.2 Å². The number of carbonyl (C=O) groups excluding carboxylic acids is 2. The smallest absolute Gasteiger partial charge is 0.290 e. The number of rotatable bonds is 4. The van der Waals surface area contributed by atoms with Crippen LogP contribution < -0.4 is 14.8 Å². The van der Waals surface area contributed by atoms with Crippen molar-refractivity contribution in [2.24, 2.45) is 0 Å². The number of benzene rings is 2. The Morgan fingerprint density at radius 2 is 1.88 bits per heavy atom. The minimum absolute atomic E-state index is 0.327. The van der Waals surface area contributed by atoms with Gasteiger partial charge in [0.15, 0.2) is 11.5 Å². The first-order valence-corrected chi connectivity index (χ1v) is 8.43. The number of methoxy groups -OCH3 is 1. The molecule has 1 aliphatic heterocycles. The van der Waals surface area contributed by atoms with E-state index in [-0.39, 0.29) is 5.24 Å². The molecule has 1 N–H and O–H groups in total. The summed E-state index contributed by atoms with van der Waals surface area (Å²) in [6.45, 7) is 1.86. The van der Waals surface area contributed by atoms with Crippen molar-refractivity contribution < 1.29 is 19.1 Å². The maximum Gasteiger partial charge on any atom is 0.290 e. The number of amides is 2. The van der Waals surface area contributed by atoms with Gasteiger partial charge >= 0.3 is 0 Å². The molecule has 2 aromatic carbocycles. The molecule has 130 valence electrons.